The standard InChI is InChI=1S/C16H18N2O4/c1-10-6-14-12(15(19)13(8-17-14)16(20)21)7-11(10)9-18-2-4-22-5-3-18/h6-8H,2-5,9H2,1H3,(H,17,19)(H,20,21). The molecule has 0 saturated carbocycles. The quantitative estimate of drug-likeness (QED) is 0.894. The first kappa shape index (κ1) is 14.7. The molecule has 3 rings (SSSR count). The summed E-state index contributed by atoms with van der Waals surface area (Å²) in [6.07, 6.45) is 1.26. The van der Waals surface area contributed by atoms with Crippen molar-refractivity contribution in [1.82, 2.24) is 9.88 Å². The maximum atomic E-state index is 12.3. The number of ether oxygens (including phenoxy) is 1. The second kappa shape index (κ2) is 5.90. The Balaban J connectivity index is 2.03. The Morgan fingerprint density at radius 2 is 2.09 bits per heavy atom. The van der Waals surface area contributed by atoms with Gasteiger partial charge in [-0.05, 0) is 30.2 Å². The molecule has 116 valence electrons. The van der Waals surface area contributed by atoms with Crippen LogP contribution < -0.4 is 5.43 Å². The number of carboxylic acids is 1. The number of morpholine rings is 1. The molecule has 1 saturated heterocycles. The Morgan fingerprint density at radius 3 is 2.77 bits per heavy atom. The van der Waals surface area contributed by atoms with Gasteiger partial charge < -0.3 is 14.8 Å². The van der Waals surface area contributed by atoms with Gasteiger partial charge in [-0.1, -0.05) is 0 Å². The van der Waals surface area contributed by atoms with Crippen molar-refractivity contribution in [2.75, 3.05) is 26.3 Å². The van der Waals surface area contributed by atoms with Crippen molar-refractivity contribution in [3.05, 3.63) is 45.2 Å². The Kier molecular flexibility index (Phi) is 3.96. The Labute approximate surface area is 127 Å². The number of nitrogens with zero attached hydrogens (tertiary/aromatic N) is 1. The molecule has 2 N–H and O–H groups in total. The van der Waals surface area contributed by atoms with Crippen molar-refractivity contribution in [3.63, 3.8) is 0 Å². The van der Waals surface area contributed by atoms with Crippen LogP contribution in [0.5, 0.6) is 0 Å². The van der Waals surface area contributed by atoms with Gasteiger partial charge in [-0.25, -0.2) is 4.79 Å². The summed E-state index contributed by atoms with van der Waals surface area (Å²) in [6.45, 7) is 5.90. The van der Waals surface area contributed by atoms with E-state index in [1.165, 1.54) is 6.20 Å². The predicted molar refractivity (Wildman–Crippen MR) is 82.4 cm³/mol. The molecule has 1 aromatic heterocycles. The topological polar surface area (TPSA) is 82.6 Å². The molecule has 0 radical (unpaired) electrons. The molecule has 1 fully saturated rings. The van der Waals surface area contributed by atoms with E-state index in [2.05, 4.69) is 9.88 Å². The summed E-state index contributed by atoms with van der Waals surface area (Å²) < 4.78 is 5.34. The molecule has 1 aliphatic rings. The van der Waals surface area contributed by atoms with E-state index in [9.17, 15) is 9.59 Å². The lowest BCUT2D eigenvalue weighted by atomic mass is 10.0. The number of hydrogen-bond acceptors (Lipinski definition) is 4. The van der Waals surface area contributed by atoms with E-state index in [0.29, 0.717) is 10.9 Å². The van der Waals surface area contributed by atoms with Gasteiger partial charge in [0.1, 0.15) is 5.56 Å². The second-order valence-corrected chi connectivity index (χ2v) is 5.55. The molecule has 0 spiro atoms. The lowest BCUT2D eigenvalue weighted by molar-refractivity contribution is 0.0341. The molecular weight excluding hydrogens is 284 g/mol. The van der Waals surface area contributed by atoms with Crippen LogP contribution in [0.15, 0.2) is 23.1 Å². The first-order valence-corrected chi connectivity index (χ1v) is 7.24. The highest BCUT2D eigenvalue weighted by molar-refractivity contribution is 5.92. The highest BCUT2D eigenvalue weighted by Gasteiger charge is 2.15. The van der Waals surface area contributed by atoms with Crippen molar-refractivity contribution >= 4 is 16.9 Å². The van der Waals surface area contributed by atoms with Crippen molar-refractivity contribution in [3.8, 4) is 0 Å². The van der Waals surface area contributed by atoms with E-state index < -0.39 is 11.4 Å². The Hall–Kier alpha value is -2.18. The number of hydrogen-bond donors (Lipinski definition) is 2. The van der Waals surface area contributed by atoms with Crippen molar-refractivity contribution < 1.29 is 14.6 Å². The number of aromatic carboxylic acids is 1. The van der Waals surface area contributed by atoms with Crippen LogP contribution >= 0.6 is 0 Å². The zero-order valence-electron chi connectivity index (χ0n) is 12.4. The number of aryl methyl sites for hydroxylation is 1. The van der Waals surface area contributed by atoms with Gasteiger partial charge in [-0.2, -0.15) is 0 Å². The minimum absolute atomic E-state index is 0.228. The van der Waals surface area contributed by atoms with Crippen LogP contribution in [0.1, 0.15) is 21.5 Å². The highest BCUT2D eigenvalue weighted by Crippen LogP contribution is 2.18. The minimum atomic E-state index is -1.21. The van der Waals surface area contributed by atoms with E-state index in [4.69, 9.17) is 9.84 Å². The summed E-state index contributed by atoms with van der Waals surface area (Å²) in [5.74, 6) is -1.21. The number of carbonyl (C=O) groups is 1. The SMILES string of the molecule is Cc1cc2[nH]cc(C(=O)O)c(=O)c2cc1CN1CCOCC1. The molecule has 0 unspecified atom stereocenters. The third kappa shape index (κ3) is 2.75. The lowest BCUT2D eigenvalue weighted by Gasteiger charge is -2.27. The van der Waals surface area contributed by atoms with Crippen LogP contribution in [0.2, 0.25) is 0 Å². The number of nitrogens with one attached hydrogen (secondary N) is 1. The minimum Gasteiger partial charge on any atom is -0.477 e. The molecule has 6 heteroatoms. The van der Waals surface area contributed by atoms with Crippen LogP contribution in [0.4, 0.5) is 0 Å². The number of fused-ring (bicyclic) bond motifs is 1. The zero-order chi connectivity index (χ0) is 15.7. The van der Waals surface area contributed by atoms with Gasteiger partial charge in [-0.3, -0.25) is 9.69 Å². The summed E-state index contributed by atoms with van der Waals surface area (Å²) in [6, 6.07) is 3.71. The molecule has 0 amide bonds. The predicted octanol–water partition coefficient (Wildman–Crippen LogP) is 1.37. The normalized spacial score (nSPS) is 16.0. The zero-order valence-corrected chi connectivity index (χ0v) is 12.4. The van der Waals surface area contributed by atoms with E-state index in [0.717, 1.165) is 44.0 Å². The number of rotatable bonds is 3. The smallest absolute Gasteiger partial charge is 0.341 e. The number of aromatic amines is 1. The monoisotopic (exact) mass is 302 g/mol. The fourth-order valence-corrected chi connectivity index (χ4v) is 2.75. The molecule has 2 heterocycles. The largest absolute Gasteiger partial charge is 0.477 e. The molecule has 0 atom stereocenters. The highest BCUT2D eigenvalue weighted by atomic mass is 16.5. The van der Waals surface area contributed by atoms with Gasteiger partial charge in [0.15, 0.2) is 0 Å². The van der Waals surface area contributed by atoms with E-state index in [1.807, 2.05) is 19.1 Å². The lowest BCUT2D eigenvalue weighted by Crippen LogP contribution is -2.35. The number of aromatic nitrogens is 1. The first-order chi connectivity index (χ1) is 10.6. The Morgan fingerprint density at radius 1 is 1.36 bits per heavy atom. The second-order valence-electron chi connectivity index (χ2n) is 5.55. The van der Waals surface area contributed by atoms with Gasteiger partial charge in [0.2, 0.25) is 5.43 Å². The van der Waals surface area contributed by atoms with E-state index in [1.54, 1.807) is 0 Å². The fourth-order valence-electron chi connectivity index (χ4n) is 2.75. The van der Waals surface area contributed by atoms with Gasteiger partial charge in [0.25, 0.3) is 0 Å². The van der Waals surface area contributed by atoms with Gasteiger partial charge in [0.05, 0.1) is 13.2 Å². The van der Waals surface area contributed by atoms with Crippen LogP contribution in [-0.4, -0.2) is 47.3 Å². The van der Waals surface area contributed by atoms with E-state index >= 15 is 0 Å². The average molecular weight is 302 g/mol. The average Bonchev–Trinajstić information content (AvgIpc) is 2.50. The summed E-state index contributed by atoms with van der Waals surface area (Å²) in [5, 5.41) is 9.49. The summed E-state index contributed by atoms with van der Waals surface area (Å²) >= 11 is 0. The summed E-state index contributed by atoms with van der Waals surface area (Å²) in [5.41, 5.74) is 2.12. The number of pyridine rings is 1. The molecule has 0 aliphatic carbocycles. The summed E-state index contributed by atoms with van der Waals surface area (Å²) in [4.78, 5) is 28.6. The molecule has 22 heavy (non-hydrogen) atoms. The van der Waals surface area contributed by atoms with Crippen molar-refractivity contribution in [2.45, 2.75) is 13.5 Å². The number of benzene rings is 1. The molecule has 6 nitrogen and oxygen atoms in total. The summed E-state index contributed by atoms with van der Waals surface area (Å²) in [7, 11) is 0. The Bertz CT molecular complexity index is 776. The van der Waals surface area contributed by atoms with Crippen molar-refractivity contribution in [1.29, 1.82) is 0 Å². The third-order valence-corrected chi connectivity index (χ3v) is 4.07. The maximum absolute atomic E-state index is 12.3. The molecular formula is C16H18N2O4. The van der Waals surface area contributed by atoms with Crippen LogP contribution in [0.25, 0.3) is 10.9 Å². The van der Waals surface area contributed by atoms with Crippen LogP contribution in [0, 0.1) is 6.92 Å². The van der Waals surface area contributed by atoms with Gasteiger partial charge in [0, 0.05) is 36.7 Å². The van der Waals surface area contributed by atoms with Crippen LogP contribution in [-0.2, 0) is 11.3 Å². The first-order valence-electron chi connectivity index (χ1n) is 7.24. The molecule has 2 aromatic rings. The maximum Gasteiger partial charge on any atom is 0.341 e. The van der Waals surface area contributed by atoms with Crippen LogP contribution in [0.3, 0.4) is 0 Å². The van der Waals surface area contributed by atoms with E-state index in [-0.39, 0.29) is 5.56 Å². The van der Waals surface area contributed by atoms with Crippen molar-refractivity contribution in [2.24, 2.45) is 0 Å². The van der Waals surface area contributed by atoms with Gasteiger partial charge >= 0.3 is 5.97 Å². The fraction of sp³-hybridized carbons (Fsp3) is 0.375. The molecule has 1 aromatic carbocycles. The molecule has 1 aliphatic heterocycles. The number of H-pyrrole nitrogens is 1. The third-order valence-electron chi connectivity index (χ3n) is 4.07. The molecule has 0 bridgehead atoms. The number of carboxylic acid groups (broad SMARTS) is 1. The van der Waals surface area contributed by atoms with Gasteiger partial charge in [-0.15, -0.1) is 0 Å².